The van der Waals surface area contributed by atoms with E-state index in [1.807, 2.05) is 13.8 Å². The van der Waals surface area contributed by atoms with E-state index >= 15 is 0 Å². The molecule has 0 aliphatic heterocycles. The van der Waals surface area contributed by atoms with E-state index in [2.05, 4.69) is 4.98 Å². The summed E-state index contributed by atoms with van der Waals surface area (Å²) in [7, 11) is 0. The Balaban J connectivity index is 2.46. The molecule has 6 heteroatoms. The maximum absolute atomic E-state index is 12.6. The molecule has 0 atom stereocenters. The average molecular weight is 307 g/mol. The molecule has 0 unspecified atom stereocenters. The lowest BCUT2D eigenvalue weighted by molar-refractivity contribution is 0.903. The van der Waals surface area contributed by atoms with E-state index in [0.717, 1.165) is 15.0 Å². The van der Waals surface area contributed by atoms with Crippen LogP contribution in [0, 0.1) is 13.8 Å². The quantitative estimate of drug-likeness (QED) is 0.751. The largest absolute Gasteiger partial charge is 0.334 e. The van der Waals surface area contributed by atoms with Gasteiger partial charge in [0.15, 0.2) is 0 Å². The van der Waals surface area contributed by atoms with E-state index < -0.39 is 5.69 Å². The van der Waals surface area contributed by atoms with Crippen molar-refractivity contribution in [3.63, 3.8) is 0 Å². The van der Waals surface area contributed by atoms with Gasteiger partial charge in [-0.25, -0.2) is 9.36 Å². The Kier molecular flexibility index (Phi) is 3.03. The molecule has 0 fully saturated rings. The van der Waals surface area contributed by atoms with E-state index in [1.54, 1.807) is 24.3 Å². The highest BCUT2D eigenvalue weighted by atomic mass is 35.5. The number of benzene rings is 1. The highest BCUT2D eigenvalue weighted by Gasteiger charge is 2.15. The van der Waals surface area contributed by atoms with Crippen LogP contribution in [0.15, 0.2) is 33.9 Å². The molecule has 2 aromatic heterocycles. The van der Waals surface area contributed by atoms with E-state index in [-0.39, 0.29) is 5.56 Å². The summed E-state index contributed by atoms with van der Waals surface area (Å²) in [5, 5.41) is 1.04. The van der Waals surface area contributed by atoms with Gasteiger partial charge in [0.25, 0.3) is 5.56 Å². The third-order valence-electron chi connectivity index (χ3n) is 3.29. The molecule has 0 saturated carbocycles. The van der Waals surface area contributed by atoms with Gasteiger partial charge in [-0.2, -0.15) is 0 Å². The topological polar surface area (TPSA) is 54.9 Å². The van der Waals surface area contributed by atoms with Crippen LogP contribution in [0.3, 0.4) is 0 Å². The molecule has 4 nitrogen and oxygen atoms in total. The van der Waals surface area contributed by atoms with Crippen LogP contribution in [-0.4, -0.2) is 9.55 Å². The molecule has 0 radical (unpaired) electrons. The molecule has 0 saturated heterocycles. The second-order valence-electron chi connectivity index (χ2n) is 4.54. The highest BCUT2D eigenvalue weighted by Crippen LogP contribution is 2.25. The first kappa shape index (κ1) is 13.1. The summed E-state index contributed by atoms with van der Waals surface area (Å²) in [5.74, 6) is 0. The van der Waals surface area contributed by atoms with Crippen LogP contribution >= 0.6 is 22.9 Å². The first-order valence-corrected chi connectivity index (χ1v) is 7.19. The fraction of sp³-hybridized carbons (Fsp3) is 0.143. The van der Waals surface area contributed by atoms with Crippen molar-refractivity contribution in [3.8, 4) is 5.69 Å². The Labute approximate surface area is 123 Å². The number of aromatic nitrogens is 2. The van der Waals surface area contributed by atoms with Crippen LogP contribution in [0.5, 0.6) is 0 Å². The molecular formula is C14H11ClN2O2S. The first-order chi connectivity index (χ1) is 9.49. The van der Waals surface area contributed by atoms with Gasteiger partial charge < -0.3 is 0 Å². The number of aryl methyl sites for hydroxylation is 2. The highest BCUT2D eigenvalue weighted by molar-refractivity contribution is 7.18. The van der Waals surface area contributed by atoms with Crippen LogP contribution in [0.25, 0.3) is 15.9 Å². The smallest absolute Gasteiger partial charge is 0.298 e. The lowest BCUT2D eigenvalue weighted by Crippen LogP contribution is -2.33. The molecule has 3 rings (SSSR count). The molecule has 0 amide bonds. The number of halogens is 1. The fourth-order valence-corrected chi connectivity index (χ4v) is 3.41. The number of nitrogens with zero attached hydrogens (tertiary/aromatic N) is 1. The molecule has 3 aromatic rings. The Morgan fingerprint density at radius 2 is 2.00 bits per heavy atom. The lowest BCUT2D eigenvalue weighted by Gasteiger charge is -2.05. The summed E-state index contributed by atoms with van der Waals surface area (Å²) in [6.45, 7) is 3.82. The summed E-state index contributed by atoms with van der Waals surface area (Å²) < 4.78 is 1.12. The van der Waals surface area contributed by atoms with Crippen molar-refractivity contribution in [3.05, 3.63) is 60.6 Å². The molecule has 0 spiro atoms. The number of hydrogen-bond donors (Lipinski definition) is 1. The predicted octanol–water partition coefficient (Wildman–Crippen LogP) is 3.01. The van der Waals surface area contributed by atoms with Crippen LogP contribution in [0.4, 0.5) is 0 Å². The lowest BCUT2D eigenvalue weighted by atomic mass is 10.2. The van der Waals surface area contributed by atoms with Crippen LogP contribution in [0.1, 0.15) is 10.4 Å². The predicted molar refractivity (Wildman–Crippen MR) is 82.5 cm³/mol. The normalized spacial score (nSPS) is 11.2. The molecule has 1 N–H and O–H groups in total. The minimum Gasteiger partial charge on any atom is -0.298 e. The number of hydrogen-bond acceptors (Lipinski definition) is 3. The Bertz CT molecular complexity index is 936. The van der Waals surface area contributed by atoms with Gasteiger partial charge in [-0.15, -0.1) is 11.3 Å². The Morgan fingerprint density at radius 1 is 1.25 bits per heavy atom. The number of rotatable bonds is 1. The van der Waals surface area contributed by atoms with Gasteiger partial charge in [-0.3, -0.25) is 9.78 Å². The van der Waals surface area contributed by atoms with E-state index in [4.69, 9.17) is 11.6 Å². The second kappa shape index (κ2) is 4.61. The summed E-state index contributed by atoms with van der Waals surface area (Å²) in [4.78, 5) is 29.2. The SMILES string of the molecule is Cc1sc2[nH]c(=O)n(-c3cccc(Cl)c3)c(=O)c2c1C. The van der Waals surface area contributed by atoms with Crippen molar-refractivity contribution in [1.29, 1.82) is 0 Å². The van der Waals surface area contributed by atoms with Crippen LogP contribution < -0.4 is 11.2 Å². The van der Waals surface area contributed by atoms with Crippen LogP contribution in [-0.2, 0) is 0 Å². The number of H-pyrrole nitrogens is 1. The van der Waals surface area contributed by atoms with E-state index in [0.29, 0.717) is 20.9 Å². The van der Waals surface area contributed by atoms with E-state index in [9.17, 15) is 9.59 Å². The average Bonchev–Trinajstić information content (AvgIpc) is 2.65. The van der Waals surface area contributed by atoms with Crippen molar-refractivity contribution in [1.82, 2.24) is 9.55 Å². The van der Waals surface area contributed by atoms with Crippen molar-refractivity contribution in [2.24, 2.45) is 0 Å². The first-order valence-electron chi connectivity index (χ1n) is 6.00. The van der Waals surface area contributed by atoms with Crippen molar-refractivity contribution in [2.75, 3.05) is 0 Å². The fourth-order valence-electron chi connectivity index (χ4n) is 2.18. The molecule has 2 heterocycles. The summed E-state index contributed by atoms with van der Waals surface area (Å²) >= 11 is 7.35. The minimum atomic E-state index is -0.453. The molecule has 0 bridgehead atoms. The third kappa shape index (κ3) is 1.90. The van der Waals surface area contributed by atoms with Gasteiger partial charge in [-0.05, 0) is 37.6 Å². The van der Waals surface area contributed by atoms with Gasteiger partial charge in [-0.1, -0.05) is 17.7 Å². The van der Waals surface area contributed by atoms with Crippen LogP contribution in [0.2, 0.25) is 5.02 Å². The molecule has 1 aromatic carbocycles. The number of nitrogens with one attached hydrogen (secondary N) is 1. The second-order valence-corrected chi connectivity index (χ2v) is 6.20. The molecule has 102 valence electrons. The summed E-state index contributed by atoms with van der Waals surface area (Å²) in [6, 6.07) is 6.68. The summed E-state index contributed by atoms with van der Waals surface area (Å²) in [6.07, 6.45) is 0. The molecule has 20 heavy (non-hydrogen) atoms. The van der Waals surface area contributed by atoms with Crippen molar-refractivity contribution in [2.45, 2.75) is 13.8 Å². The summed E-state index contributed by atoms with van der Waals surface area (Å²) in [5.41, 5.74) is 0.606. The van der Waals surface area contributed by atoms with Gasteiger partial charge in [0.05, 0.1) is 11.1 Å². The zero-order valence-corrected chi connectivity index (χ0v) is 12.4. The molecule has 0 aliphatic carbocycles. The number of fused-ring (bicyclic) bond motifs is 1. The zero-order valence-electron chi connectivity index (χ0n) is 10.9. The Morgan fingerprint density at radius 3 is 2.70 bits per heavy atom. The standard InChI is InChI=1S/C14H11ClN2O2S/c1-7-8(2)20-12-11(7)13(18)17(14(19)16-12)10-5-3-4-9(15)6-10/h3-6H,1-2H3,(H,16,19). The maximum Gasteiger partial charge on any atom is 0.334 e. The molecule has 0 aliphatic rings. The monoisotopic (exact) mass is 306 g/mol. The van der Waals surface area contributed by atoms with E-state index in [1.165, 1.54) is 11.3 Å². The maximum atomic E-state index is 12.6. The third-order valence-corrected chi connectivity index (χ3v) is 4.65. The number of aromatic amines is 1. The van der Waals surface area contributed by atoms with Crippen molar-refractivity contribution < 1.29 is 0 Å². The van der Waals surface area contributed by atoms with Crippen molar-refractivity contribution >= 4 is 33.2 Å². The Hall–Kier alpha value is -1.85. The van der Waals surface area contributed by atoms with Gasteiger partial charge in [0.1, 0.15) is 4.83 Å². The minimum absolute atomic E-state index is 0.312. The molecular weight excluding hydrogens is 296 g/mol. The van der Waals surface area contributed by atoms with Gasteiger partial charge in [0, 0.05) is 9.90 Å². The van der Waals surface area contributed by atoms with Gasteiger partial charge >= 0.3 is 5.69 Å². The number of thiophene rings is 1. The zero-order chi connectivity index (χ0) is 14.4. The van der Waals surface area contributed by atoms with Gasteiger partial charge in [0.2, 0.25) is 0 Å².